The molecule has 0 aliphatic heterocycles. The molecule has 0 spiro atoms. The molecule has 0 radical (unpaired) electrons. The Kier molecular flexibility index (Phi) is 2.82. The molecule has 0 aromatic carbocycles. The lowest BCUT2D eigenvalue weighted by molar-refractivity contribution is 0.206. The Bertz CT molecular complexity index is 92.9. The van der Waals surface area contributed by atoms with Crippen LogP contribution in [0.3, 0.4) is 0 Å². The van der Waals surface area contributed by atoms with Gasteiger partial charge >= 0.3 is 0 Å². The van der Waals surface area contributed by atoms with Gasteiger partial charge < -0.3 is 0 Å². The summed E-state index contributed by atoms with van der Waals surface area (Å²) in [6, 6.07) is 0. The van der Waals surface area contributed by atoms with Gasteiger partial charge in [0.2, 0.25) is 0 Å². The van der Waals surface area contributed by atoms with E-state index in [9.17, 15) is 0 Å². The summed E-state index contributed by atoms with van der Waals surface area (Å²) >= 11 is 0. The van der Waals surface area contributed by atoms with Gasteiger partial charge in [-0.3, -0.25) is 0 Å². The third-order valence-electron chi connectivity index (χ3n) is 2.62. The van der Waals surface area contributed by atoms with E-state index < -0.39 is 0 Å². The maximum absolute atomic E-state index is 2.37. The Balaban J connectivity index is 1.95. The van der Waals surface area contributed by atoms with Crippen LogP contribution in [0.5, 0.6) is 0 Å². The van der Waals surface area contributed by atoms with E-state index >= 15 is 0 Å². The minimum Gasteiger partial charge on any atom is -0.0863 e. The Labute approximate surface area is 65.5 Å². The molecule has 58 valence electrons. The van der Waals surface area contributed by atoms with Crippen LogP contribution in [0.4, 0.5) is 0 Å². The molecule has 0 saturated heterocycles. The van der Waals surface area contributed by atoms with Crippen molar-refractivity contribution >= 4 is 6.71 Å². The third kappa shape index (κ3) is 2.36. The molecule has 1 rings (SSSR count). The number of rotatable bonds is 3. The highest BCUT2D eigenvalue weighted by Crippen LogP contribution is 2.36. The summed E-state index contributed by atoms with van der Waals surface area (Å²) < 4.78 is 0. The van der Waals surface area contributed by atoms with Crippen molar-refractivity contribution in [3.05, 3.63) is 0 Å². The molecule has 1 aliphatic rings. The quantitative estimate of drug-likeness (QED) is 0.525. The highest BCUT2D eigenvalue weighted by Gasteiger charge is 2.24. The van der Waals surface area contributed by atoms with Crippen LogP contribution in [0.25, 0.3) is 0 Å². The van der Waals surface area contributed by atoms with Gasteiger partial charge in [-0.15, -0.1) is 0 Å². The predicted molar refractivity (Wildman–Crippen MR) is 48.8 cm³/mol. The molecule has 1 heteroatoms. The minimum atomic E-state index is 0.913. The lowest BCUT2D eigenvalue weighted by Crippen LogP contribution is -2.21. The standard InChI is InChI=1S/C9H19B/c1-8-6-9(7-8)4-5-10(2)3/h8-9H,4-7H2,1-3H3. The van der Waals surface area contributed by atoms with Crippen LogP contribution in [-0.4, -0.2) is 6.71 Å². The van der Waals surface area contributed by atoms with E-state index in [0.29, 0.717) is 0 Å². The lowest BCUT2D eigenvalue weighted by Gasteiger charge is -2.32. The fraction of sp³-hybridized carbons (Fsp3) is 1.00. The molecule has 0 nitrogen and oxygen atoms in total. The number of hydrogen-bond acceptors (Lipinski definition) is 0. The van der Waals surface area contributed by atoms with Crippen LogP contribution in [-0.2, 0) is 0 Å². The summed E-state index contributed by atoms with van der Waals surface area (Å²) in [5, 5.41) is 0. The zero-order chi connectivity index (χ0) is 7.56. The third-order valence-corrected chi connectivity index (χ3v) is 2.62. The molecule has 1 aliphatic carbocycles. The zero-order valence-electron chi connectivity index (χ0n) is 7.56. The number of hydrogen-bond donors (Lipinski definition) is 0. The highest BCUT2D eigenvalue weighted by atomic mass is 14.3. The van der Waals surface area contributed by atoms with Gasteiger partial charge in [0.1, 0.15) is 6.71 Å². The van der Waals surface area contributed by atoms with Crippen LogP contribution in [0, 0.1) is 11.8 Å². The predicted octanol–water partition coefficient (Wildman–Crippen LogP) is 3.18. The summed E-state index contributed by atoms with van der Waals surface area (Å²) in [7, 11) is 0. The summed E-state index contributed by atoms with van der Waals surface area (Å²) in [5.41, 5.74) is 0. The van der Waals surface area contributed by atoms with E-state index in [1.807, 2.05) is 0 Å². The molecule has 0 unspecified atom stereocenters. The maximum atomic E-state index is 2.37. The van der Waals surface area contributed by atoms with Crippen molar-refractivity contribution in [3.8, 4) is 0 Å². The average Bonchev–Trinajstić information content (AvgIpc) is 1.77. The molecule has 0 bridgehead atoms. The van der Waals surface area contributed by atoms with Gasteiger partial charge in [0.25, 0.3) is 0 Å². The molecular formula is C9H19B. The summed E-state index contributed by atoms with van der Waals surface area (Å²) in [6.07, 6.45) is 5.94. The van der Waals surface area contributed by atoms with Crippen molar-refractivity contribution in [2.24, 2.45) is 11.8 Å². The molecule has 0 heterocycles. The summed E-state index contributed by atoms with van der Waals surface area (Å²) in [4.78, 5) is 0. The summed E-state index contributed by atoms with van der Waals surface area (Å²) in [6.45, 7) is 7.92. The molecule has 0 aromatic heterocycles. The smallest absolute Gasteiger partial charge is 0.0863 e. The zero-order valence-corrected chi connectivity index (χ0v) is 7.56. The van der Waals surface area contributed by atoms with E-state index in [-0.39, 0.29) is 0 Å². The molecular weight excluding hydrogens is 119 g/mol. The molecule has 1 fully saturated rings. The van der Waals surface area contributed by atoms with Crippen molar-refractivity contribution in [1.82, 2.24) is 0 Å². The van der Waals surface area contributed by atoms with Crippen molar-refractivity contribution in [1.29, 1.82) is 0 Å². The topological polar surface area (TPSA) is 0 Å². The normalized spacial score (nSPS) is 31.5. The van der Waals surface area contributed by atoms with E-state index in [1.54, 1.807) is 0 Å². The van der Waals surface area contributed by atoms with E-state index in [4.69, 9.17) is 0 Å². The van der Waals surface area contributed by atoms with Crippen molar-refractivity contribution in [2.75, 3.05) is 0 Å². The second-order valence-electron chi connectivity index (χ2n) is 4.41. The highest BCUT2D eigenvalue weighted by molar-refractivity contribution is 6.55. The molecule has 0 N–H and O–H groups in total. The van der Waals surface area contributed by atoms with Gasteiger partial charge in [0, 0.05) is 0 Å². The molecule has 1 saturated carbocycles. The Morgan fingerprint density at radius 2 is 1.90 bits per heavy atom. The van der Waals surface area contributed by atoms with Gasteiger partial charge in [-0.2, -0.15) is 0 Å². The first kappa shape index (κ1) is 8.16. The second-order valence-corrected chi connectivity index (χ2v) is 4.41. The van der Waals surface area contributed by atoms with Gasteiger partial charge in [0.05, 0.1) is 0 Å². The van der Waals surface area contributed by atoms with Crippen molar-refractivity contribution < 1.29 is 0 Å². The Morgan fingerprint density at radius 1 is 1.30 bits per heavy atom. The summed E-state index contributed by atoms with van der Waals surface area (Å²) in [5.74, 6) is 2.13. The van der Waals surface area contributed by atoms with Gasteiger partial charge in [-0.25, -0.2) is 0 Å². The molecule has 0 atom stereocenters. The Hall–Kier alpha value is 0.0649. The van der Waals surface area contributed by atoms with Crippen LogP contribution >= 0.6 is 0 Å². The molecule has 10 heavy (non-hydrogen) atoms. The van der Waals surface area contributed by atoms with Crippen molar-refractivity contribution in [2.45, 2.75) is 46.2 Å². The van der Waals surface area contributed by atoms with Gasteiger partial charge in [-0.1, -0.05) is 33.3 Å². The SMILES string of the molecule is CB(C)CCC1CC(C)C1. The van der Waals surface area contributed by atoms with Crippen LogP contribution in [0.1, 0.15) is 26.2 Å². The van der Waals surface area contributed by atoms with Crippen LogP contribution in [0.2, 0.25) is 20.0 Å². The van der Waals surface area contributed by atoms with E-state index in [2.05, 4.69) is 20.6 Å². The molecule has 0 aromatic rings. The fourth-order valence-electron chi connectivity index (χ4n) is 1.87. The van der Waals surface area contributed by atoms with Crippen LogP contribution < -0.4 is 0 Å². The fourth-order valence-corrected chi connectivity index (χ4v) is 1.87. The second kappa shape index (κ2) is 3.45. The van der Waals surface area contributed by atoms with Gasteiger partial charge in [0.15, 0.2) is 0 Å². The van der Waals surface area contributed by atoms with Gasteiger partial charge in [-0.05, 0) is 24.7 Å². The average molecular weight is 138 g/mol. The van der Waals surface area contributed by atoms with E-state index in [0.717, 1.165) is 18.5 Å². The monoisotopic (exact) mass is 138 g/mol. The first-order chi connectivity index (χ1) is 4.68. The van der Waals surface area contributed by atoms with E-state index in [1.165, 1.54) is 25.6 Å². The van der Waals surface area contributed by atoms with Crippen LogP contribution in [0.15, 0.2) is 0 Å². The Morgan fingerprint density at radius 3 is 2.30 bits per heavy atom. The maximum Gasteiger partial charge on any atom is 0.133 e. The first-order valence-electron chi connectivity index (χ1n) is 4.68. The minimum absolute atomic E-state index is 0.913. The largest absolute Gasteiger partial charge is 0.133 e. The lowest BCUT2D eigenvalue weighted by atomic mass is 9.50. The molecule has 0 amide bonds. The van der Waals surface area contributed by atoms with Crippen molar-refractivity contribution in [3.63, 3.8) is 0 Å². The first-order valence-corrected chi connectivity index (χ1v) is 4.68.